The van der Waals surface area contributed by atoms with Crippen LogP contribution in [0.4, 0.5) is 13.2 Å². The Bertz CT molecular complexity index is 523. The van der Waals surface area contributed by atoms with E-state index in [1.807, 2.05) is 30.3 Å². The van der Waals surface area contributed by atoms with Crippen molar-refractivity contribution < 1.29 is 18.3 Å². The first-order chi connectivity index (χ1) is 8.97. The summed E-state index contributed by atoms with van der Waals surface area (Å²) >= 11 is 0. The molecule has 0 aliphatic carbocycles. The van der Waals surface area contributed by atoms with Crippen LogP contribution in [0.25, 0.3) is 0 Å². The number of pyridine rings is 1. The van der Waals surface area contributed by atoms with E-state index in [0.717, 1.165) is 17.8 Å². The summed E-state index contributed by atoms with van der Waals surface area (Å²) in [7, 11) is 0. The SMILES string of the molecule is OC(Cc1ccccc1)c1ccc(C(F)(F)F)cn1. The Morgan fingerprint density at radius 3 is 2.26 bits per heavy atom. The fraction of sp³-hybridized carbons (Fsp3) is 0.214. The van der Waals surface area contributed by atoms with Gasteiger partial charge in [-0.15, -0.1) is 0 Å². The van der Waals surface area contributed by atoms with Gasteiger partial charge in [0.05, 0.1) is 17.4 Å². The molecule has 1 aromatic heterocycles. The fourth-order valence-corrected chi connectivity index (χ4v) is 1.71. The van der Waals surface area contributed by atoms with Gasteiger partial charge in [-0.25, -0.2) is 0 Å². The minimum atomic E-state index is -4.41. The molecular weight excluding hydrogens is 255 g/mol. The number of aliphatic hydroxyl groups excluding tert-OH is 1. The minimum absolute atomic E-state index is 0.233. The number of hydrogen-bond donors (Lipinski definition) is 1. The van der Waals surface area contributed by atoms with Crippen molar-refractivity contribution in [2.24, 2.45) is 0 Å². The van der Waals surface area contributed by atoms with E-state index in [-0.39, 0.29) is 5.69 Å². The fourth-order valence-electron chi connectivity index (χ4n) is 1.71. The maximum absolute atomic E-state index is 12.4. The average molecular weight is 267 g/mol. The van der Waals surface area contributed by atoms with E-state index < -0.39 is 17.8 Å². The lowest BCUT2D eigenvalue weighted by Crippen LogP contribution is -2.08. The van der Waals surface area contributed by atoms with Crippen LogP contribution < -0.4 is 0 Å². The van der Waals surface area contributed by atoms with Crippen LogP contribution in [0.2, 0.25) is 0 Å². The molecule has 0 fully saturated rings. The van der Waals surface area contributed by atoms with Gasteiger partial charge in [-0.1, -0.05) is 30.3 Å². The molecule has 0 amide bonds. The highest BCUT2D eigenvalue weighted by molar-refractivity contribution is 5.21. The molecule has 2 rings (SSSR count). The Kier molecular flexibility index (Phi) is 3.85. The maximum atomic E-state index is 12.4. The Balaban J connectivity index is 2.10. The molecule has 0 spiro atoms. The van der Waals surface area contributed by atoms with Crippen LogP contribution in [-0.4, -0.2) is 10.1 Å². The number of aromatic nitrogens is 1. The van der Waals surface area contributed by atoms with Crippen LogP contribution in [-0.2, 0) is 12.6 Å². The summed E-state index contributed by atoms with van der Waals surface area (Å²) in [6, 6.07) is 11.3. The molecule has 1 heterocycles. The van der Waals surface area contributed by atoms with E-state index in [1.165, 1.54) is 6.07 Å². The molecule has 1 N–H and O–H groups in total. The average Bonchev–Trinajstić information content (AvgIpc) is 2.39. The molecule has 0 saturated heterocycles. The van der Waals surface area contributed by atoms with Gasteiger partial charge in [0, 0.05) is 12.6 Å². The first kappa shape index (κ1) is 13.5. The van der Waals surface area contributed by atoms with Crippen LogP contribution in [0, 0.1) is 0 Å². The van der Waals surface area contributed by atoms with Gasteiger partial charge in [-0.3, -0.25) is 4.98 Å². The van der Waals surface area contributed by atoms with Crippen molar-refractivity contribution in [3.8, 4) is 0 Å². The van der Waals surface area contributed by atoms with Gasteiger partial charge in [0.15, 0.2) is 0 Å². The van der Waals surface area contributed by atoms with Gasteiger partial charge in [0.25, 0.3) is 0 Å². The number of benzene rings is 1. The smallest absolute Gasteiger partial charge is 0.386 e. The summed E-state index contributed by atoms with van der Waals surface area (Å²) in [6.07, 6.45) is -4.26. The van der Waals surface area contributed by atoms with E-state index in [4.69, 9.17) is 0 Å². The number of rotatable bonds is 3. The predicted molar refractivity (Wildman–Crippen MR) is 64.3 cm³/mol. The van der Waals surface area contributed by atoms with Crippen LogP contribution in [0.15, 0.2) is 48.7 Å². The number of halogens is 3. The Morgan fingerprint density at radius 1 is 1.05 bits per heavy atom. The van der Waals surface area contributed by atoms with Crippen molar-refractivity contribution in [2.75, 3.05) is 0 Å². The zero-order chi connectivity index (χ0) is 13.9. The summed E-state index contributed by atoms with van der Waals surface area (Å²) in [5.41, 5.74) is 0.316. The third kappa shape index (κ3) is 3.54. The van der Waals surface area contributed by atoms with Crippen molar-refractivity contribution in [3.63, 3.8) is 0 Å². The molecule has 0 bridgehead atoms. The minimum Gasteiger partial charge on any atom is -0.386 e. The van der Waals surface area contributed by atoms with Crippen LogP contribution in [0.3, 0.4) is 0 Å². The van der Waals surface area contributed by atoms with Crippen LogP contribution in [0.1, 0.15) is 22.9 Å². The first-order valence-corrected chi connectivity index (χ1v) is 5.72. The first-order valence-electron chi connectivity index (χ1n) is 5.72. The summed E-state index contributed by atoms with van der Waals surface area (Å²) in [6.45, 7) is 0. The second kappa shape index (κ2) is 5.40. The van der Waals surface area contributed by atoms with E-state index >= 15 is 0 Å². The normalized spacial score (nSPS) is 13.3. The summed E-state index contributed by atoms with van der Waals surface area (Å²) in [5, 5.41) is 9.92. The molecule has 2 aromatic rings. The summed E-state index contributed by atoms with van der Waals surface area (Å²) in [5.74, 6) is 0. The van der Waals surface area contributed by atoms with E-state index in [2.05, 4.69) is 4.98 Å². The lowest BCUT2D eigenvalue weighted by atomic mass is 10.0. The molecule has 1 unspecified atom stereocenters. The third-order valence-electron chi connectivity index (χ3n) is 2.73. The van der Waals surface area contributed by atoms with Crippen molar-refractivity contribution in [1.82, 2.24) is 4.98 Å². The van der Waals surface area contributed by atoms with Crippen molar-refractivity contribution in [3.05, 3.63) is 65.5 Å². The van der Waals surface area contributed by atoms with Gasteiger partial charge in [0.1, 0.15) is 0 Å². The van der Waals surface area contributed by atoms with Gasteiger partial charge < -0.3 is 5.11 Å². The van der Waals surface area contributed by atoms with Gasteiger partial charge in [-0.2, -0.15) is 13.2 Å². The number of nitrogens with zero attached hydrogens (tertiary/aromatic N) is 1. The molecule has 2 nitrogen and oxygen atoms in total. The molecule has 1 atom stereocenters. The summed E-state index contributed by atoms with van der Waals surface area (Å²) < 4.78 is 37.1. The zero-order valence-electron chi connectivity index (χ0n) is 9.93. The maximum Gasteiger partial charge on any atom is 0.417 e. The van der Waals surface area contributed by atoms with Crippen molar-refractivity contribution >= 4 is 0 Å². The summed E-state index contributed by atoms with van der Waals surface area (Å²) in [4.78, 5) is 3.67. The number of alkyl halides is 3. The highest BCUT2D eigenvalue weighted by Crippen LogP contribution is 2.29. The molecule has 1 aromatic carbocycles. The molecule has 0 saturated carbocycles. The van der Waals surface area contributed by atoms with Gasteiger partial charge in [-0.05, 0) is 17.7 Å². The largest absolute Gasteiger partial charge is 0.417 e. The Morgan fingerprint density at radius 2 is 1.74 bits per heavy atom. The van der Waals surface area contributed by atoms with Gasteiger partial charge in [0.2, 0.25) is 0 Å². The quantitative estimate of drug-likeness (QED) is 0.924. The second-order valence-corrected chi connectivity index (χ2v) is 4.18. The number of hydrogen-bond acceptors (Lipinski definition) is 2. The zero-order valence-corrected chi connectivity index (χ0v) is 9.93. The van der Waals surface area contributed by atoms with Gasteiger partial charge >= 0.3 is 6.18 Å². The molecule has 0 aliphatic rings. The van der Waals surface area contributed by atoms with Crippen molar-refractivity contribution in [2.45, 2.75) is 18.7 Å². The molecule has 0 aliphatic heterocycles. The van der Waals surface area contributed by atoms with E-state index in [0.29, 0.717) is 6.42 Å². The Hall–Kier alpha value is -1.88. The van der Waals surface area contributed by atoms with Crippen LogP contribution in [0.5, 0.6) is 0 Å². The van der Waals surface area contributed by atoms with E-state index in [9.17, 15) is 18.3 Å². The van der Waals surface area contributed by atoms with Crippen molar-refractivity contribution in [1.29, 1.82) is 0 Å². The highest BCUT2D eigenvalue weighted by atomic mass is 19.4. The third-order valence-corrected chi connectivity index (χ3v) is 2.73. The highest BCUT2D eigenvalue weighted by Gasteiger charge is 2.30. The standard InChI is InChI=1S/C14H12F3NO/c15-14(16,17)11-6-7-12(18-9-11)13(19)8-10-4-2-1-3-5-10/h1-7,9,13,19H,8H2. The molecule has 0 radical (unpaired) electrons. The molecular formula is C14H12F3NO. The lowest BCUT2D eigenvalue weighted by Gasteiger charge is -2.11. The molecule has 19 heavy (non-hydrogen) atoms. The monoisotopic (exact) mass is 267 g/mol. The predicted octanol–water partition coefficient (Wildman–Crippen LogP) is 3.38. The Labute approximate surface area is 108 Å². The topological polar surface area (TPSA) is 33.1 Å². The second-order valence-electron chi connectivity index (χ2n) is 4.18. The van der Waals surface area contributed by atoms with Crippen LogP contribution >= 0.6 is 0 Å². The number of aliphatic hydroxyl groups is 1. The lowest BCUT2D eigenvalue weighted by molar-refractivity contribution is -0.137. The van der Waals surface area contributed by atoms with E-state index in [1.54, 1.807) is 0 Å². The molecule has 5 heteroatoms. The molecule has 100 valence electrons.